The second-order valence-corrected chi connectivity index (χ2v) is 6.84. The number of hydrogen-bond donors (Lipinski definition) is 2. The van der Waals surface area contributed by atoms with Gasteiger partial charge in [-0.25, -0.2) is 4.39 Å². The molecule has 0 aromatic heterocycles. The second-order valence-electron chi connectivity index (χ2n) is 6.40. The van der Waals surface area contributed by atoms with Crippen molar-refractivity contribution in [2.24, 2.45) is 0 Å². The zero-order chi connectivity index (χ0) is 18.0. The molecule has 2 N–H and O–H groups in total. The molecule has 1 heterocycles. The summed E-state index contributed by atoms with van der Waals surface area (Å²) in [5, 5.41) is 6.52. The van der Waals surface area contributed by atoms with Crippen LogP contribution < -0.4 is 10.6 Å². The Bertz CT molecular complexity index is 794. The van der Waals surface area contributed by atoms with Crippen LogP contribution in [0.2, 0.25) is 5.02 Å². The van der Waals surface area contributed by atoms with Gasteiger partial charge in [0.1, 0.15) is 11.9 Å². The maximum absolute atomic E-state index is 14.8. The summed E-state index contributed by atoms with van der Waals surface area (Å²) in [5.74, 6) is -0.629. The standard InChI is InChI=1S/C19H21ClFN3O/c1-24(2)18(12-4-3-5-14(20)10-12)19(25)23-16-7-6-13-11-22-9-8-15(13)17(16)21/h3-7,10,18,22H,8-9,11H2,1-2H3,(H,23,25). The van der Waals surface area contributed by atoms with Crippen LogP contribution in [-0.2, 0) is 17.8 Å². The Morgan fingerprint density at radius 3 is 2.84 bits per heavy atom. The van der Waals surface area contributed by atoms with Crippen molar-refractivity contribution in [2.45, 2.75) is 19.0 Å². The predicted octanol–water partition coefficient (Wildman–Crippen LogP) is 3.37. The maximum atomic E-state index is 14.8. The van der Waals surface area contributed by atoms with E-state index in [1.165, 1.54) is 0 Å². The quantitative estimate of drug-likeness (QED) is 0.877. The molecule has 0 spiro atoms. The molecule has 2 aromatic rings. The number of nitrogens with one attached hydrogen (secondary N) is 2. The summed E-state index contributed by atoms with van der Waals surface area (Å²) >= 11 is 6.05. The highest BCUT2D eigenvalue weighted by Gasteiger charge is 2.25. The van der Waals surface area contributed by atoms with Crippen LogP contribution in [0, 0.1) is 5.82 Å². The number of carbonyl (C=O) groups excluding carboxylic acids is 1. The topological polar surface area (TPSA) is 44.4 Å². The molecule has 0 aliphatic carbocycles. The van der Waals surface area contributed by atoms with Gasteiger partial charge in [0.05, 0.1) is 5.69 Å². The van der Waals surface area contributed by atoms with Crippen molar-refractivity contribution < 1.29 is 9.18 Å². The first-order valence-electron chi connectivity index (χ1n) is 8.21. The van der Waals surface area contributed by atoms with Crippen LogP contribution in [0.1, 0.15) is 22.7 Å². The van der Waals surface area contributed by atoms with Crippen LogP contribution in [-0.4, -0.2) is 31.4 Å². The van der Waals surface area contributed by atoms with E-state index in [2.05, 4.69) is 10.6 Å². The van der Waals surface area contributed by atoms with Crippen molar-refractivity contribution in [1.82, 2.24) is 10.2 Å². The molecule has 0 radical (unpaired) electrons. The van der Waals surface area contributed by atoms with Crippen molar-refractivity contribution in [2.75, 3.05) is 26.0 Å². The number of hydrogen-bond acceptors (Lipinski definition) is 3. The molecule has 0 bridgehead atoms. The highest BCUT2D eigenvalue weighted by Crippen LogP contribution is 2.27. The van der Waals surface area contributed by atoms with Crippen molar-refractivity contribution in [3.63, 3.8) is 0 Å². The van der Waals surface area contributed by atoms with Crippen LogP contribution in [0.3, 0.4) is 0 Å². The third-order valence-electron chi connectivity index (χ3n) is 4.39. The van der Waals surface area contributed by atoms with Gasteiger partial charge in [-0.3, -0.25) is 9.69 Å². The summed E-state index contributed by atoms with van der Waals surface area (Å²) in [7, 11) is 3.61. The molecular formula is C19H21ClFN3O. The molecule has 0 saturated carbocycles. The monoisotopic (exact) mass is 361 g/mol. The first kappa shape index (κ1) is 17.9. The summed E-state index contributed by atoms with van der Waals surface area (Å²) in [6.07, 6.45) is 0.621. The van der Waals surface area contributed by atoms with Crippen LogP contribution in [0.15, 0.2) is 36.4 Å². The Labute approximate surface area is 152 Å². The number of nitrogens with zero attached hydrogens (tertiary/aromatic N) is 1. The van der Waals surface area contributed by atoms with E-state index in [4.69, 9.17) is 11.6 Å². The largest absolute Gasteiger partial charge is 0.322 e. The van der Waals surface area contributed by atoms with Gasteiger partial charge in [0.2, 0.25) is 5.91 Å². The third-order valence-corrected chi connectivity index (χ3v) is 4.63. The summed E-state index contributed by atoms with van der Waals surface area (Å²) in [6.45, 7) is 1.40. The first-order chi connectivity index (χ1) is 12.0. The van der Waals surface area contributed by atoms with Crippen molar-refractivity contribution in [3.8, 4) is 0 Å². The molecule has 0 fully saturated rings. The Hall–Kier alpha value is -1.95. The van der Waals surface area contributed by atoms with Gasteiger partial charge in [-0.05, 0) is 62.0 Å². The van der Waals surface area contributed by atoms with Gasteiger partial charge >= 0.3 is 0 Å². The minimum atomic E-state index is -0.559. The van der Waals surface area contributed by atoms with Gasteiger partial charge in [0.15, 0.2) is 0 Å². The smallest absolute Gasteiger partial charge is 0.246 e. The first-order valence-corrected chi connectivity index (χ1v) is 8.59. The van der Waals surface area contributed by atoms with E-state index in [9.17, 15) is 9.18 Å². The SMILES string of the molecule is CN(C)C(C(=O)Nc1ccc2c(c1F)CCNC2)c1cccc(Cl)c1. The molecular weight excluding hydrogens is 341 g/mol. The lowest BCUT2D eigenvalue weighted by molar-refractivity contribution is -0.120. The average Bonchev–Trinajstić information content (AvgIpc) is 2.57. The lowest BCUT2D eigenvalue weighted by Gasteiger charge is -2.25. The van der Waals surface area contributed by atoms with Crippen molar-refractivity contribution in [3.05, 3.63) is 63.9 Å². The van der Waals surface area contributed by atoms with E-state index in [0.29, 0.717) is 23.6 Å². The fraction of sp³-hybridized carbons (Fsp3) is 0.316. The normalized spacial score (nSPS) is 14.9. The third kappa shape index (κ3) is 3.84. The number of likely N-dealkylation sites (N-methyl/N-ethyl adjacent to an activating group) is 1. The van der Waals surface area contributed by atoms with E-state index in [1.54, 1.807) is 43.3 Å². The molecule has 1 aliphatic rings. The number of carbonyl (C=O) groups is 1. The van der Waals surface area contributed by atoms with Gasteiger partial charge in [-0.2, -0.15) is 0 Å². The van der Waals surface area contributed by atoms with Crippen LogP contribution in [0.5, 0.6) is 0 Å². The Kier molecular flexibility index (Phi) is 5.37. The Morgan fingerprint density at radius 1 is 1.32 bits per heavy atom. The fourth-order valence-electron chi connectivity index (χ4n) is 3.19. The average molecular weight is 362 g/mol. The number of fused-ring (bicyclic) bond motifs is 1. The molecule has 1 atom stereocenters. The zero-order valence-corrected chi connectivity index (χ0v) is 15.0. The lowest BCUT2D eigenvalue weighted by Crippen LogP contribution is -2.33. The van der Waals surface area contributed by atoms with Crippen LogP contribution in [0.25, 0.3) is 0 Å². The van der Waals surface area contributed by atoms with Gasteiger partial charge in [0, 0.05) is 11.6 Å². The van der Waals surface area contributed by atoms with Gasteiger partial charge in [-0.15, -0.1) is 0 Å². The molecule has 1 aliphatic heterocycles. The number of anilines is 1. The summed E-state index contributed by atoms with van der Waals surface area (Å²) in [4.78, 5) is 14.6. The van der Waals surface area contributed by atoms with E-state index in [1.807, 2.05) is 12.1 Å². The van der Waals surface area contributed by atoms with Crippen LogP contribution in [0.4, 0.5) is 10.1 Å². The van der Waals surface area contributed by atoms with Gasteiger partial charge < -0.3 is 10.6 Å². The minimum Gasteiger partial charge on any atom is -0.322 e. The molecule has 2 aromatic carbocycles. The minimum absolute atomic E-state index is 0.222. The molecule has 1 unspecified atom stereocenters. The lowest BCUT2D eigenvalue weighted by atomic mass is 9.99. The molecule has 4 nitrogen and oxygen atoms in total. The molecule has 1 amide bonds. The van der Waals surface area contributed by atoms with E-state index >= 15 is 0 Å². The maximum Gasteiger partial charge on any atom is 0.246 e. The zero-order valence-electron chi connectivity index (χ0n) is 14.3. The molecule has 3 rings (SSSR count). The molecule has 132 valence electrons. The molecule has 25 heavy (non-hydrogen) atoms. The van der Waals surface area contributed by atoms with Crippen molar-refractivity contribution in [1.29, 1.82) is 0 Å². The number of amides is 1. The number of benzene rings is 2. The highest BCUT2D eigenvalue weighted by molar-refractivity contribution is 6.30. The van der Waals surface area contributed by atoms with Crippen molar-refractivity contribution >= 4 is 23.2 Å². The summed E-state index contributed by atoms with van der Waals surface area (Å²) < 4.78 is 14.8. The fourth-order valence-corrected chi connectivity index (χ4v) is 3.39. The van der Waals surface area contributed by atoms with E-state index in [0.717, 1.165) is 17.7 Å². The highest BCUT2D eigenvalue weighted by atomic mass is 35.5. The van der Waals surface area contributed by atoms with E-state index < -0.39 is 6.04 Å². The van der Waals surface area contributed by atoms with Crippen LogP contribution >= 0.6 is 11.6 Å². The number of halogens is 2. The summed E-state index contributed by atoms with van der Waals surface area (Å²) in [6, 6.07) is 10.1. The Morgan fingerprint density at radius 2 is 2.12 bits per heavy atom. The van der Waals surface area contributed by atoms with Gasteiger partial charge in [-0.1, -0.05) is 29.8 Å². The predicted molar refractivity (Wildman–Crippen MR) is 98.3 cm³/mol. The van der Waals surface area contributed by atoms with E-state index in [-0.39, 0.29) is 17.4 Å². The molecule has 6 heteroatoms. The van der Waals surface area contributed by atoms with Gasteiger partial charge in [0.25, 0.3) is 0 Å². The molecule has 0 saturated heterocycles. The second kappa shape index (κ2) is 7.52. The number of rotatable bonds is 4. The summed E-state index contributed by atoms with van der Waals surface area (Å²) in [5.41, 5.74) is 2.61. The Balaban J connectivity index is 1.87.